The van der Waals surface area contributed by atoms with Crippen LogP contribution in [-0.2, 0) is 6.54 Å². The van der Waals surface area contributed by atoms with Crippen molar-refractivity contribution in [3.63, 3.8) is 0 Å². The summed E-state index contributed by atoms with van der Waals surface area (Å²) in [5.74, 6) is -0.356. The molecule has 0 aliphatic carbocycles. The van der Waals surface area contributed by atoms with Gasteiger partial charge in [0.05, 0.1) is 7.11 Å². The highest BCUT2D eigenvalue weighted by molar-refractivity contribution is 9.10. The molecule has 0 aliphatic rings. The highest BCUT2D eigenvalue weighted by Crippen LogP contribution is 2.24. The van der Waals surface area contributed by atoms with Gasteiger partial charge in [-0.2, -0.15) is 0 Å². The Bertz CT molecular complexity index is 634. The highest BCUT2D eigenvalue weighted by atomic mass is 79.9. The van der Waals surface area contributed by atoms with Gasteiger partial charge in [0.2, 0.25) is 0 Å². The van der Waals surface area contributed by atoms with Crippen LogP contribution >= 0.6 is 15.9 Å². The van der Waals surface area contributed by atoms with Crippen LogP contribution in [0.1, 0.15) is 24.1 Å². The molecule has 0 saturated heterocycles. The first-order valence-corrected chi connectivity index (χ1v) is 7.31. The number of hydrogen-bond acceptors (Lipinski definition) is 2. The van der Waals surface area contributed by atoms with Crippen LogP contribution in [0.15, 0.2) is 40.9 Å². The Balaban J connectivity index is 2.10. The SMILES string of the molecule is COc1ccc(Br)cc1CNC(C)c1ccc(F)cc1F. The van der Waals surface area contributed by atoms with E-state index in [2.05, 4.69) is 21.2 Å². The zero-order valence-electron chi connectivity index (χ0n) is 11.8. The normalized spacial score (nSPS) is 12.2. The quantitative estimate of drug-likeness (QED) is 0.846. The second-order valence-corrected chi connectivity index (χ2v) is 5.64. The Kier molecular flexibility index (Phi) is 5.31. The molecular weight excluding hydrogens is 340 g/mol. The highest BCUT2D eigenvalue weighted by Gasteiger charge is 2.12. The van der Waals surface area contributed by atoms with Crippen LogP contribution < -0.4 is 10.1 Å². The van der Waals surface area contributed by atoms with E-state index in [9.17, 15) is 8.78 Å². The van der Waals surface area contributed by atoms with Crippen molar-refractivity contribution in [2.75, 3.05) is 7.11 Å². The van der Waals surface area contributed by atoms with E-state index in [4.69, 9.17) is 4.74 Å². The van der Waals surface area contributed by atoms with Gasteiger partial charge in [-0.1, -0.05) is 22.0 Å². The molecule has 0 aliphatic heterocycles. The maximum absolute atomic E-state index is 13.7. The number of methoxy groups -OCH3 is 1. The largest absolute Gasteiger partial charge is 0.496 e. The van der Waals surface area contributed by atoms with Crippen molar-refractivity contribution < 1.29 is 13.5 Å². The first kappa shape index (κ1) is 15.9. The van der Waals surface area contributed by atoms with E-state index < -0.39 is 11.6 Å². The van der Waals surface area contributed by atoms with Crippen molar-refractivity contribution in [3.05, 3.63) is 63.6 Å². The maximum atomic E-state index is 13.7. The minimum absolute atomic E-state index is 0.241. The molecule has 0 saturated carbocycles. The summed E-state index contributed by atoms with van der Waals surface area (Å²) in [5.41, 5.74) is 1.40. The predicted molar refractivity (Wildman–Crippen MR) is 82.3 cm³/mol. The topological polar surface area (TPSA) is 21.3 Å². The number of benzene rings is 2. The maximum Gasteiger partial charge on any atom is 0.130 e. The van der Waals surface area contributed by atoms with Gasteiger partial charge in [-0.25, -0.2) is 8.78 Å². The van der Waals surface area contributed by atoms with E-state index in [0.717, 1.165) is 21.9 Å². The monoisotopic (exact) mass is 355 g/mol. The summed E-state index contributed by atoms with van der Waals surface area (Å²) in [6, 6.07) is 9.08. The Morgan fingerprint density at radius 1 is 1.19 bits per heavy atom. The van der Waals surface area contributed by atoms with Crippen molar-refractivity contribution in [2.24, 2.45) is 0 Å². The molecule has 0 aromatic heterocycles. The molecule has 5 heteroatoms. The fraction of sp³-hybridized carbons (Fsp3) is 0.250. The van der Waals surface area contributed by atoms with Crippen LogP contribution in [-0.4, -0.2) is 7.11 Å². The van der Waals surface area contributed by atoms with Gasteiger partial charge in [-0.3, -0.25) is 0 Å². The lowest BCUT2D eigenvalue weighted by Gasteiger charge is -2.16. The first-order chi connectivity index (χ1) is 10.0. The van der Waals surface area contributed by atoms with E-state index in [0.29, 0.717) is 12.1 Å². The molecule has 2 aromatic rings. The summed E-state index contributed by atoms with van der Waals surface area (Å²) in [6.45, 7) is 2.35. The zero-order chi connectivity index (χ0) is 15.4. The van der Waals surface area contributed by atoms with Crippen molar-refractivity contribution in [1.82, 2.24) is 5.32 Å². The van der Waals surface area contributed by atoms with Crippen LogP contribution in [0.4, 0.5) is 8.78 Å². The summed E-state index contributed by atoms with van der Waals surface area (Å²) >= 11 is 3.41. The minimum atomic E-state index is -0.572. The van der Waals surface area contributed by atoms with Gasteiger partial charge in [0, 0.05) is 34.3 Å². The Hall–Kier alpha value is -1.46. The van der Waals surface area contributed by atoms with Crippen LogP contribution in [0.3, 0.4) is 0 Å². The number of hydrogen-bond donors (Lipinski definition) is 1. The third-order valence-electron chi connectivity index (χ3n) is 3.27. The van der Waals surface area contributed by atoms with Crippen LogP contribution in [0.5, 0.6) is 5.75 Å². The summed E-state index contributed by atoms with van der Waals surface area (Å²) in [6.07, 6.45) is 0. The molecule has 21 heavy (non-hydrogen) atoms. The molecule has 2 aromatic carbocycles. The van der Waals surface area contributed by atoms with E-state index in [1.807, 2.05) is 25.1 Å². The lowest BCUT2D eigenvalue weighted by molar-refractivity contribution is 0.405. The Morgan fingerprint density at radius 2 is 1.95 bits per heavy atom. The van der Waals surface area contributed by atoms with E-state index in [1.54, 1.807) is 7.11 Å². The summed E-state index contributed by atoms with van der Waals surface area (Å²) in [4.78, 5) is 0. The number of ether oxygens (including phenoxy) is 1. The molecule has 0 amide bonds. The van der Waals surface area contributed by atoms with Crippen LogP contribution in [0.25, 0.3) is 0 Å². The average Bonchev–Trinajstić information content (AvgIpc) is 2.45. The van der Waals surface area contributed by atoms with Gasteiger partial charge < -0.3 is 10.1 Å². The fourth-order valence-electron chi connectivity index (χ4n) is 2.11. The standard InChI is InChI=1S/C16H16BrF2NO/c1-10(14-5-4-13(18)8-15(14)19)20-9-11-7-12(17)3-6-16(11)21-2/h3-8,10,20H,9H2,1-2H3. The van der Waals surface area contributed by atoms with Gasteiger partial charge in [0.15, 0.2) is 0 Å². The Labute approximate surface area is 131 Å². The molecule has 0 heterocycles. The zero-order valence-corrected chi connectivity index (χ0v) is 13.4. The molecule has 0 bridgehead atoms. The molecule has 0 fully saturated rings. The van der Waals surface area contributed by atoms with E-state index in [1.165, 1.54) is 12.1 Å². The minimum Gasteiger partial charge on any atom is -0.496 e. The van der Waals surface area contributed by atoms with Crippen molar-refractivity contribution in [3.8, 4) is 5.75 Å². The molecule has 0 spiro atoms. The predicted octanol–water partition coefficient (Wildman–Crippen LogP) is 4.59. The number of halogens is 3. The van der Waals surface area contributed by atoms with Crippen LogP contribution in [0.2, 0.25) is 0 Å². The molecule has 1 unspecified atom stereocenters. The lowest BCUT2D eigenvalue weighted by atomic mass is 10.1. The molecular formula is C16H16BrF2NO. The fourth-order valence-corrected chi connectivity index (χ4v) is 2.52. The summed E-state index contributed by atoms with van der Waals surface area (Å²) in [7, 11) is 1.61. The van der Waals surface area contributed by atoms with Crippen molar-refractivity contribution in [1.29, 1.82) is 0 Å². The van der Waals surface area contributed by atoms with Gasteiger partial charge in [0.1, 0.15) is 17.4 Å². The molecule has 112 valence electrons. The summed E-state index contributed by atoms with van der Waals surface area (Å²) in [5, 5.41) is 3.21. The second kappa shape index (κ2) is 7.00. The molecule has 1 atom stereocenters. The van der Waals surface area contributed by atoms with Gasteiger partial charge >= 0.3 is 0 Å². The van der Waals surface area contributed by atoms with Crippen molar-refractivity contribution in [2.45, 2.75) is 19.5 Å². The lowest BCUT2D eigenvalue weighted by Crippen LogP contribution is -2.19. The smallest absolute Gasteiger partial charge is 0.130 e. The first-order valence-electron chi connectivity index (χ1n) is 6.52. The van der Waals surface area contributed by atoms with E-state index in [-0.39, 0.29) is 6.04 Å². The average molecular weight is 356 g/mol. The molecule has 0 radical (unpaired) electrons. The van der Waals surface area contributed by atoms with E-state index >= 15 is 0 Å². The van der Waals surface area contributed by atoms with Crippen molar-refractivity contribution >= 4 is 15.9 Å². The summed E-state index contributed by atoms with van der Waals surface area (Å²) < 4.78 is 32.9. The van der Waals surface area contributed by atoms with Gasteiger partial charge in [-0.15, -0.1) is 0 Å². The third-order valence-corrected chi connectivity index (χ3v) is 3.76. The Morgan fingerprint density at radius 3 is 2.62 bits per heavy atom. The second-order valence-electron chi connectivity index (χ2n) is 4.72. The number of nitrogens with one attached hydrogen (secondary N) is 1. The molecule has 2 rings (SSSR count). The van der Waals surface area contributed by atoms with Gasteiger partial charge in [-0.05, 0) is 31.2 Å². The van der Waals surface area contributed by atoms with Crippen LogP contribution in [0, 0.1) is 11.6 Å². The number of rotatable bonds is 5. The van der Waals surface area contributed by atoms with Gasteiger partial charge in [0.25, 0.3) is 0 Å². The molecule has 1 N–H and O–H groups in total. The third kappa shape index (κ3) is 4.02. The molecule has 2 nitrogen and oxygen atoms in total.